The van der Waals surface area contributed by atoms with Gasteiger partial charge in [0.25, 0.3) is 0 Å². The number of Topliss-reactive ketones (excluding diaryl/α,β-unsaturated/α-hetero) is 1. The molecule has 14 heavy (non-hydrogen) atoms. The van der Waals surface area contributed by atoms with E-state index >= 15 is 0 Å². The topological polar surface area (TPSA) is 52.3 Å². The van der Waals surface area contributed by atoms with Gasteiger partial charge in [0.2, 0.25) is 0 Å². The second-order valence-corrected chi connectivity index (χ2v) is 3.56. The Morgan fingerprint density at radius 1 is 1.50 bits per heavy atom. The predicted octanol–water partition coefficient (Wildman–Crippen LogP) is 1.77. The first-order valence-electron chi connectivity index (χ1n) is 4.82. The Morgan fingerprint density at radius 3 is 2.79 bits per heavy atom. The summed E-state index contributed by atoms with van der Waals surface area (Å²) in [5, 5.41) is 3.73. The molecule has 0 spiro atoms. The lowest BCUT2D eigenvalue weighted by Crippen LogP contribution is -2.13. The van der Waals surface area contributed by atoms with Crippen LogP contribution >= 0.6 is 0 Å². The molecule has 2 rings (SSSR count). The van der Waals surface area contributed by atoms with Crippen molar-refractivity contribution in [2.75, 3.05) is 13.2 Å². The highest BCUT2D eigenvalue weighted by molar-refractivity contribution is 5.91. The quantitative estimate of drug-likeness (QED) is 0.675. The van der Waals surface area contributed by atoms with Gasteiger partial charge < -0.3 is 9.26 Å². The third-order valence-corrected chi connectivity index (χ3v) is 2.51. The molecular formula is C10H13NO3. The molecule has 0 radical (unpaired) electrons. The molecule has 1 aliphatic heterocycles. The molecule has 0 atom stereocenters. The maximum atomic E-state index is 11.0. The molecular weight excluding hydrogens is 182 g/mol. The first kappa shape index (κ1) is 9.40. The van der Waals surface area contributed by atoms with Gasteiger partial charge in [0.05, 0.1) is 0 Å². The first-order valence-corrected chi connectivity index (χ1v) is 4.82. The molecule has 1 aromatic rings. The average Bonchev–Trinajstić information content (AvgIpc) is 2.68. The number of ketones is 1. The standard InChI is InChI=1S/C10H13NO3/c1-7(12)9-6-10(14-11-9)8-2-4-13-5-3-8/h6,8H,2-5H2,1H3. The third kappa shape index (κ3) is 1.85. The van der Waals surface area contributed by atoms with E-state index in [-0.39, 0.29) is 5.78 Å². The van der Waals surface area contributed by atoms with Crippen LogP contribution in [0.1, 0.15) is 41.9 Å². The van der Waals surface area contributed by atoms with Crippen LogP contribution in [0.4, 0.5) is 0 Å². The lowest BCUT2D eigenvalue weighted by molar-refractivity contribution is 0.0790. The summed E-state index contributed by atoms with van der Waals surface area (Å²) < 4.78 is 10.4. The van der Waals surface area contributed by atoms with Crippen LogP contribution in [0.3, 0.4) is 0 Å². The highest BCUT2D eigenvalue weighted by Gasteiger charge is 2.20. The fourth-order valence-electron chi connectivity index (χ4n) is 1.63. The highest BCUT2D eigenvalue weighted by Crippen LogP contribution is 2.27. The van der Waals surface area contributed by atoms with Crippen molar-refractivity contribution in [3.05, 3.63) is 17.5 Å². The van der Waals surface area contributed by atoms with Crippen molar-refractivity contribution in [1.82, 2.24) is 5.16 Å². The van der Waals surface area contributed by atoms with E-state index in [1.165, 1.54) is 6.92 Å². The van der Waals surface area contributed by atoms with Crippen LogP contribution < -0.4 is 0 Å². The Bertz CT molecular complexity index is 326. The Labute approximate surface area is 82.2 Å². The maximum absolute atomic E-state index is 11.0. The Morgan fingerprint density at radius 2 is 2.21 bits per heavy atom. The Hall–Kier alpha value is -1.16. The molecule has 4 heteroatoms. The normalized spacial score (nSPS) is 18.4. The van der Waals surface area contributed by atoms with Gasteiger partial charge in [0.15, 0.2) is 5.78 Å². The van der Waals surface area contributed by atoms with E-state index in [2.05, 4.69) is 5.16 Å². The van der Waals surface area contributed by atoms with Gasteiger partial charge in [0.1, 0.15) is 11.5 Å². The molecule has 76 valence electrons. The minimum Gasteiger partial charge on any atom is -0.381 e. The van der Waals surface area contributed by atoms with Crippen molar-refractivity contribution in [1.29, 1.82) is 0 Å². The van der Waals surface area contributed by atoms with Gasteiger partial charge in [-0.1, -0.05) is 5.16 Å². The molecule has 0 bridgehead atoms. The SMILES string of the molecule is CC(=O)c1cc(C2CCOCC2)on1. The zero-order valence-electron chi connectivity index (χ0n) is 8.16. The zero-order chi connectivity index (χ0) is 9.97. The smallest absolute Gasteiger partial charge is 0.181 e. The predicted molar refractivity (Wildman–Crippen MR) is 49.3 cm³/mol. The molecule has 1 saturated heterocycles. The second-order valence-electron chi connectivity index (χ2n) is 3.56. The summed E-state index contributed by atoms with van der Waals surface area (Å²) in [6.45, 7) is 3.02. The van der Waals surface area contributed by atoms with E-state index in [0.29, 0.717) is 11.6 Å². The van der Waals surface area contributed by atoms with Crippen LogP contribution in [0.25, 0.3) is 0 Å². The van der Waals surface area contributed by atoms with Gasteiger partial charge >= 0.3 is 0 Å². The molecule has 2 heterocycles. The van der Waals surface area contributed by atoms with Crippen molar-refractivity contribution < 1.29 is 14.1 Å². The molecule has 0 saturated carbocycles. The fourth-order valence-corrected chi connectivity index (χ4v) is 1.63. The molecule has 0 unspecified atom stereocenters. The molecule has 1 fully saturated rings. The van der Waals surface area contributed by atoms with Crippen LogP contribution in [-0.4, -0.2) is 24.2 Å². The number of nitrogens with zero attached hydrogens (tertiary/aromatic N) is 1. The molecule has 1 aliphatic rings. The lowest BCUT2D eigenvalue weighted by atomic mass is 9.97. The summed E-state index contributed by atoms with van der Waals surface area (Å²) in [6.07, 6.45) is 1.90. The van der Waals surface area contributed by atoms with Crippen molar-refractivity contribution >= 4 is 5.78 Å². The summed E-state index contributed by atoms with van der Waals surface area (Å²) in [6, 6.07) is 1.75. The van der Waals surface area contributed by atoms with Gasteiger partial charge in [-0.25, -0.2) is 0 Å². The van der Waals surface area contributed by atoms with E-state index in [4.69, 9.17) is 9.26 Å². The number of hydrogen-bond donors (Lipinski definition) is 0. The molecule has 1 aromatic heterocycles. The van der Waals surface area contributed by atoms with Crippen molar-refractivity contribution in [3.63, 3.8) is 0 Å². The highest BCUT2D eigenvalue weighted by atomic mass is 16.5. The molecule has 0 amide bonds. The van der Waals surface area contributed by atoms with Crippen LogP contribution in [0.2, 0.25) is 0 Å². The number of carbonyl (C=O) groups excluding carboxylic acids is 1. The van der Waals surface area contributed by atoms with Crippen molar-refractivity contribution in [3.8, 4) is 0 Å². The van der Waals surface area contributed by atoms with Crippen molar-refractivity contribution in [2.45, 2.75) is 25.7 Å². The minimum atomic E-state index is -0.0490. The van der Waals surface area contributed by atoms with E-state index in [0.717, 1.165) is 31.8 Å². The maximum Gasteiger partial charge on any atom is 0.181 e. The number of hydrogen-bond acceptors (Lipinski definition) is 4. The fraction of sp³-hybridized carbons (Fsp3) is 0.600. The zero-order valence-corrected chi connectivity index (χ0v) is 8.16. The minimum absolute atomic E-state index is 0.0490. The molecule has 0 aliphatic carbocycles. The Kier molecular flexibility index (Phi) is 2.63. The number of ether oxygens (including phenoxy) is 1. The summed E-state index contributed by atoms with van der Waals surface area (Å²) in [5.41, 5.74) is 0.423. The van der Waals surface area contributed by atoms with E-state index in [1.54, 1.807) is 6.07 Å². The molecule has 0 aromatic carbocycles. The van der Waals surface area contributed by atoms with Gasteiger partial charge in [-0.3, -0.25) is 4.79 Å². The van der Waals surface area contributed by atoms with E-state index < -0.39 is 0 Å². The van der Waals surface area contributed by atoms with Crippen LogP contribution in [0.5, 0.6) is 0 Å². The monoisotopic (exact) mass is 195 g/mol. The summed E-state index contributed by atoms with van der Waals surface area (Å²) in [4.78, 5) is 11.0. The summed E-state index contributed by atoms with van der Waals surface area (Å²) in [7, 11) is 0. The van der Waals surface area contributed by atoms with Crippen LogP contribution in [-0.2, 0) is 4.74 Å². The summed E-state index contributed by atoms with van der Waals surface area (Å²) >= 11 is 0. The third-order valence-electron chi connectivity index (χ3n) is 2.51. The molecule has 4 nitrogen and oxygen atoms in total. The van der Waals surface area contributed by atoms with Gasteiger partial charge in [-0.15, -0.1) is 0 Å². The van der Waals surface area contributed by atoms with Gasteiger partial charge in [-0.2, -0.15) is 0 Å². The Balaban J connectivity index is 2.11. The summed E-state index contributed by atoms with van der Waals surface area (Å²) in [5.74, 6) is 1.13. The number of rotatable bonds is 2. The van der Waals surface area contributed by atoms with Crippen molar-refractivity contribution in [2.24, 2.45) is 0 Å². The number of carbonyl (C=O) groups is 1. The van der Waals surface area contributed by atoms with Gasteiger partial charge in [-0.05, 0) is 12.8 Å². The van der Waals surface area contributed by atoms with Crippen LogP contribution in [0.15, 0.2) is 10.6 Å². The van der Waals surface area contributed by atoms with Crippen LogP contribution in [0, 0.1) is 0 Å². The lowest BCUT2D eigenvalue weighted by Gasteiger charge is -2.18. The van der Waals surface area contributed by atoms with E-state index in [9.17, 15) is 4.79 Å². The van der Waals surface area contributed by atoms with Gasteiger partial charge in [0, 0.05) is 32.1 Å². The second kappa shape index (κ2) is 3.92. The van der Waals surface area contributed by atoms with E-state index in [1.807, 2.05) is 0 Å². The number of aromatic nitrogens is 1. The average molecular weight is 195 g/mol. The first-order chi connectivity index (χ1) is 6.77. The molecule has 0 N–H and O–H groups in total. The largest absolute Gasteiger partial charge is 0.381 e.